The van der Waals surface area contributed by atoms with Gasteiger partial charge in [-0.2, -0.15) is 5.26 Å². The summed E-state index contributed by atoms with van der Waals surface area (Å²) in [6, 6.07) is 3.03. The monoisotopic (exact) mass is 212 g/mol. The van der Waals surface area contributed by atoms with Crippen LogP contribution in [0.1, 0.15) is 23.2 Å². The number of hydrogen-bond donors (Lipinski definition) is 2. The maximum Gasteiger partial charge on any atom is 0.265 e. The second-order valence-corrected chi connectivity index (χ2v) is 2.91. The number of nitriles is 1. The van der Waals surface area contributed by atoms with Crippen molar-refractivity contribution in [3.63, 3.8) is 0 Å². The third kappa shape index (κ3) is 2.39. The van der Waals surface area contributed by atoms with E-state index in [1.54, 1.807) is 0 Å². The van der Waals surface area contributed by atoms with E-state index in [2.05, 4.69) is 4.98 Å². The molecule has 4 nitrogen and oxygen atoms in total. The quantitative estimate of drug-likeness (QED) is 0.785. The molecule has 80 valence electrons. The fraction of sp³-hybridized carbons (Fsp3) is 0.333. The van der Waals surface area contributed by atoms with Crippen LogP contribution in [0.25, 0.3) is 0 Å². The van der Waals surface area contributed by atoms with E-state index in [1.807, 2.05) is 6.07 Å². The summed E-state index contributed by atoms with van der Waals surface area (Å²) in [6.07, 6.45) is -2.70. The largest absolute Gasteiger partial charge is 0.383 e. The molecule has 0 amide bonds. The van der Waals surface area contributed by atoms with Crippen molar-refractivity contribution in [1.29, 1.82) is 5.26 Å². The highest BCUT2D eigenvalue weighted by atomic mass is 19.3. The van der Waals surface area contributed by atoms with Gasteiger partial charge in [0.15, 0.2) is 0 Å². The van der Waals surface area contributed by atoms with Crippen molar-refractivity contribution >= 4 is 5.82 Å². The molecule has 4 N–H and O–H groups in total. The number of anilines is 1. The van der Waals surface area contributed by atoms with Crippen molar-refractivity contribution in [3.8, 4) is 6.07 Å². The SMILES string of the molecule is N#CCc1cc(C(F)F)c(CN)nc1N. The van der Waals surface area contributed by atoms with Gasteiger partial charge in [-0.25, -0.2) is 13.8 Å². The minimum Gasteiger partial charge on any atom is -0.383 e. The van der Waals surface area contributed by atoms with Crippen LogP contribution < -0.4 is 11.5 Å². The summed E-state index contributed by atoms with van der Waals surface area (Å²) in [7, 11) is 0. The number of hydrogen-bond acceptors (Lipinski definition) is 4. The summed E-state index contributed by atoms with van der Waals surface area (Å²) in [4.78, 5) is 3.75. The topological polar surface area (TPSA) is 88.7 Å². The number of pyridine rings is 1. The first kappa shape index (κ1) is 11.3. The standard InChI is InChI=1S/C9H10F2N4/c10-8(11)6-3-5(1-2-12)9(14)15-7(6)4-13/h3,8H,1,4,13H2,(H2,14,15). The van der Waals surface area contributed by atoms with Crippen LogP contribution in [0.4, 0.5) is 14.6 Å². The molecule has 0 aliphatic rings. The Labute approximate surface area is 85.5 Å². The van der Waals surface area contributed by atoms with Crippen molar-refractivity contribution in [2.24, 2.45) is 5.73 Å². The fourth-order valence-corrected chi connectivity index (χ4v) is 1.21. The lowest BCUT2D eigenvalue weighted by Crippen LogP contribution is -2.09. The molecule has 0 radical (unpaired) electrons. The van der Waals surface area contributed by atoms with Crippen molar-refractivity contribution in [1.82, 2.24) is 4.98 Å². The summed E-state index contributed by atoms with van der Waals surface area (Å²) >= 11 is 0. The summed E-state index contributed by atoms with van der Waals surface area (Å²) in [5.74, 6) is 0.0846. The van der Waals surface area contributed by atoms with Crippen LogP contribution in [0.2, 0.25) is 0 Å². The Morgan fingerprint density at radius 1 is 1.53 bits per heavy atom. The average Bonchev–Trinajstić information content (AvgIpc) is 2.20. The van der Waals surface area contributed by atoms with Crippen LogP contribution in [0.5, 0.6) is 0 Å². The second kappa shape index (κ2) is 4.66. The molecule has 0 atom stereocenters. The molecule has 1 aromatic heterocycles. The van der Waals surface area contributed by atoms with Crippen LogP contribution in [0.3, 0.4) is 0 Å². The van der Waals surface area contributed by atoms with Gasteiger partial charge in [0, 0.05) is 17.7 Å². The molecule has 0 aliphatic carbocycles. The number of nitrogens with zero attached hydrogens (tertiary/aromatic N) is 2. The van der Waals surface area contributed by atoms with Crippen molar-refractivity contribution in [3.05, 3.63) is 22.9 Å². The third-order valence-electron chi connectivity index (χ3n) is 1.95. The van der Waals surface area contributed by atoms with Gasteiger partial charge in [0.05, 0.1) is 18.2 Å². The zero-order valence-electron chi connectivity index (χ0n) is 7.87. The Hall–Kier alpha value is -1.74. The molecule has 1 aromatic rings. The average molecular weight is 212 g/mol. The molecule has 0 saturated heterocycles. The fourth-order valence-electron chi connectivity index (χ4n) is 1.21. The van der Waals surface area contributed by atoms with Crippen LogP contribution >= 0.6 is 0 Å². The number of rotatable bonds is 3. The number of halogens is 2. The zero-order valence-corrected chi connectivity index (χ0v) is 7.87. The molecule has 0 aromatic carbocycles. The minimum absolute atomic E-state index is 0.0383. The van der Waals surface area contributed by atoms with Gasteiger partial charge in [-0.05, 0) is 6.07 Å². The number of aromatic nitrogens is 1. The van der Waals surface area contributed by atoms with Crippen molar-refractivity contribution in [2.45, 2.75) is 19.4 Å². The summed E-state index contributed by atoms with van der Waals surface area (Å²) in [5.41, 5.74) is 10.9. The maximum absolute atomic E-state index is 12.5. The van der Waals surface area contributed by atoms with E-state index < -0.39 is 6.43 Å². The van der Waals surface area contributed by atoms with E-state index >= 15 is 0 Å². The molecule has 0 bridgehead atoms. The number of alkyl halides is 2. The highest BCUT2D eigenvalue weighted by Gasteiger charge is 2.16. The van der Waals surface area contributed by atoms with E-state index in [4.69, 9.17) is 16.7 Å². The molecule has 0 fully saturated rings. The molecular formula is C9H10F2N4. The van der Waals surface area contributed by atoms with Crippen molar-refractivity contribution in [2.75, 3.05) is 5.73 Å². The molecule has 1 heterocycles. The molecule has 0 unspecified atom stereocenters. The molecule has 0 aliphatic heterocycles. The normalized spacial score (nSPS) is 10.3. The van der Waals surface area contributed by atoms with E-state index in [1.165, 1.54) is 6.07 Å². The lowest BCUT2D eigenvalue weighted by Gasteiger charge is -2.09. The van der Waals surface area contributed by atoms with Crippen LogP contribution in [0, 0.1) is 11.3 Å². The van der Waals surface area contributed by atoms with Gasteiger partial charge in [-0.15, -0.1) is 0 Å². The second-order valence-electron chi connectivity index (χ2n) is 2.91. The van der Waals surface area contributed by atoms with Gasteiger partial charge in [-0.1, -0.05) is 0 Å². The van der Waals surface area contributed by atoms with E-state index in [0.29, 0.717) is 5.56 Å². The first-order chi connectivity index (χ1) is 7.10. The predicted octanol–water partition coefficient (Wildman–Crippen LogP) is 1.13. The third-order valence-corrected chi connectivity index (χ3v) is 1.95. The maximum atomic E-state index is 12.5. The first-order valence-electron chi connectivity index (χ1n) is 4.23. The molecule has 15 heavy (non-hydrogen) atoms. The van der Waals surface area contributed by atoms with Gasteiger partial charge >= 0.3 is 0 Å². The number of nitrogen functional groups attached to an aromatic ring is 1. The summed E-state index contributed by atoms with van der Waals surface area (Å²) in [5, 5.41) is 8.45. The van der Waals surface area contributed by atoms with Crippen molar-refractivity contribution < 1.29 is 8.78 Å². The molecule has 1 rings (SSSR count). The van der Waals surface area contributed by atoms with Gasteiger partial charge in [-0.3, -0.25) is 0 Å². The smallest absolute Gasteiger partial charge is 0.265 e. The predicted molar refractivity (Wildman–Crippen MR) is 50.8 cm³/mol. The molecular weight excluding hydrogens is 202 g/mol. The lowest BCUT2D eigenvalue weighted by atomic mass is 10.1. The Morgan fingerprint density at radius 2 is 2.20 bits per heavy atom. The summed E-state index contributed by atoms with van der Waals surface area (Å²) < 4.78 is 25.1. The van der Waals surface area contributed by atoms with Crippen LogP contribution in [-0.4, -0.2) is 4.98 Å². The van der Waals surface area contributed by atoms with Crippen LogP contribution in [0.15, 0.2) is 6.07 Å². The Morgan fingerprint density at radius 3 is 2.67 bits per heavy atom. The van der Waals surface area contributed by atoms with E-state index in [9.17, 15) is 8.78 Å². The zero-order chi connectivity index (χ0) is 11.4. The highest BCUT2D eigenvalue weighted by molar-refractivity contribution is 5.45. The Bertz CT molecular complexity index is 398. The Balaban J connectivity index is 3.25. The Kier molecular flexibility index (Phi) is 3.52. The molecule has 0 saturated carbocycles. The molecule has 0 spiro atoms. The van der Waals surface area contributed by atoms with Gasteiger partial charge < -0.3 is 11.5 Å². The van der Waals surface area contributed by atoms with E-state index in [-0.39, 0.29) is 30.0 Å². The van der Waals surface area contributed by atoms with E-state index in [0.717, 1.165) is 0 Å². The first-order valence-corrected chi connectivity index (χ1v) is 4.23. The molecule has 6 heteroatoms. The minimum atomic E-state index is -2.66. The van der Waals surface area contributed by atoms with Crippen LogP contribution in [-0.2, 0) is 13.0 Å². The van der Waals surface area contributed by atoms with Gasteiger partial charge in [0.2, 0.25) is 0 Å². The number of nitrogens with two attached hydrogens (primary N) is 2. The summed E-state index contributed by atoms with van der Waals surface area (Å²) in [6.45, 7) is -0.100. The van der Waals surface area contributed by atoms with Gasteiger partial charge in [0.1, 0.15) is 5.82 Å². The van der Waals surface area contributed by atoms with Gasteiger partial charge in [0.25, 0.3) is 6.43 Å². The highest BCUT2D eigenvalue weighted by Crippen LogP contribution is 2.25. The lowest BCUT2D eigenvalue weighted by molar-refractivity contribution is 0.149.